The lowest BCUT2D eigenvalue weighted by Gasteiger charge is -1.99. The van der Waals surface area contributed by atoms with Gasteiger partial charge in [-0.1, -0.05) is 17.7 Å². The van der Waals surface area contributed by atoms with E-state index in [1.807, 2.05) is 0 Å². The first-order valence-corrected chi connectivity index (χ1v) is 3.46. The molecule has 0 bridgehead atoms. The summed E-state index contributed by atoms with van der Waals surface area (Å²) >= 11 is 5.54. The molecule has 0 radical (unpaired) electrons. The van der Waals surface area contributed by atoms with Crippen LogP contribution in [0.4, 0.5) is 5.82 Å². The Labute approximate surface area is 69.2 Å². The lowest BCUT2D eigenvalue weighted by atomic mass is 10.2. The number of aromatic nitrogens is 1. The van der Waals surface area contributed by atoms with Gasteiger partial charge in [-0.3, -0.25) is 0 Å². The molecule has 58 valence electrons. The van der Waals surface area contributed by atoms with Gasteiger partial charge in [-0.15, -0.1) is 0 Å². The second-order valence-corrected chi connectivity index (χ2v) is 2.44. The van der Waals surface area contributed by atoms with Crippen LogP contribution in [-0.4, -0.2) is 11.3 Å². The number of anilines is 1. The molecule has 4 heteroatoms. The van der Waals surface area contributed by atoms with Crippen LogP contribution in [0.25, 0.3) is 0 Å². The normalized spacial score (nSPS) is 9.55. The van der Waals surface area contributed by atoms with Gasteiger partial charge in [0.25, 0.3) is 0 Å². The number of pyridine rings is 1. The summed E-state index contributed by atoms with van der Waals surface area (Å²) in [5.74, 6) is 0.324. The van der Waals surface area contributed by atoms with Crippen LogP contribution in [-0.2, 0) is 11.2 Å². The molecule has 3 nitrogen and oxygen atoms in total. The number of rotatable bonds is 2. The van der Waals surface area contributed by atoms with Gasteiger partial charge in [0.05, 0.1) is 0 Å². The van der Waals surface area contributed by atoms with Crippen molar-refractivity contribution in [2.24, 2.45) is 0 Å². The van der Waals surface area contributed by atoms with E-state index in [1.165, 1.54) is 0 Å². The highest BCUT2D eigenvalue weighted by Gasteiger charge is 1.99. The van der Waals surface area contributed by atoms with Gasteiger partial charge in [-0.25, -0.2) is 4.98 Å². The third-order valence-corrected chi connectivity index (χ3v) is 1.49. The number of aldehydes is 1. The lowest BCUT2D eigenvalue weighted by Crippen LogP contribution is -1.97. The maximum Gasteiger partial charge on any atom is 0.131 e. The summed E-state index contributed by atoms with van der Waals surface area (Å²) in [4.78, 5) is 13.9. The van der Waals surface area contributed by atoms with Crippen LogP contribution in [0.2, 0.25) is 5.15 Å². The van der Waals surface area contributed by atoms with Gasteiger partial charge < -0.3 is 10.5 Å². The van der Waals surface area contributed by atoms with Gasteiger partial charge in [-0.05, 0) is 6.07 Å². The van der Waals surface area contributed by atoms with Crippen molar-refractivity contribution in [1.29, 1.82) is 0 Å². The molecule has 1 rings (SSSR count). The van der Waals surface area contributed by atoms with E-state index in [2.05, 4.69) is 4.98 Å². The van der Waals surface area contributed by atoms with Gasteiger partial charge in [0.1, 0.15) is 17.3 Å². The summed E-state index contributed by atoms with van der Waals surface area (Å²) in [6, 6.07) is 3.30. The first-order chi connectivity index (χ1) is 5.24. The molecular weight excluding hydrogens is 164 g/mol. The van der Waals surface area contributed by atoms with Crippen LogP contribution in [0.1, 0.15) is 5.56 Å². The standard InChI is InChI=1S/C7H7ClN2O/c8-6-2-1-5(3-4-11)7(9)10-6/h1-2,4H,3H2,(H2,9,10). The number of nitrogens with zero attached hydrogens (tertiary/aromatic N) is 1. The molecule has 0 saturated heterocycles. The Balaban J connectivity index is 2.98. The van der Waals surface area contributed by atoms with E-state index in [-0.39, 0.29) is 6.42 Å². The number of carbonyl (C=O) groups excluding carboxylic acids is 1. The zero-order chi connectivity index (χ0) is 8.27. The molecule has 0 fully saturated rings. The Hall–Kier alpha value is -1.09. The highest BCUT2D eigenvalue weighted by molar-refractivity contribution is 6.29. The van der Waals surface area contributed by atoms with Crippen LogP contribution < -0.4 is 5.73 Å². The fraction of sp³-hybridized carbons (Fsp3) is 0.143. The molecule has 0 amide bonds. The second kappa shape index (κ2) is 3.34. The molecule has 1 aromatic rings. The summed E-state index contributed by atoms with van der Waals surface area (Å²) < 4.78 is 0. The molecule has 11 heavy (non-hydrogen) atoms. The van der Waals surface area contributed by atoms with Crippen molar-refractivity contribution < 1.29 is 4.79 Å². The Kier molecular flexibility index (Phi) is 2.44. The third kappa shape index (κ3) is 1.91. The maximum atomic E-state index is 10.1. The maximum absolute atomic E-state index is 10.1. The molecule has 1 heterocycles. The van der Waals surface area contributed by atoms with Crippen molar-refractivity contribution >= 4 is 23.7 Å². The molecule has 0 aliphatic carbocycles. The van der Waals surface area contributed by atoms with Crippen LogP contribution >= 0.6 is 11.6 Å². The minimum atomic E-state index is 0.288. The molecule has 0 saturated carbocycles. The number of hydrogen-bond acceptors (Lipinski definition) is 3. The molecule has 0 spiro atoms. The lowest BCUT2D eigenvalue weighted by molar-refractivity contribution is -0.107. The number of hydrogen-bond donors (Lipinski definition) is 1. The van der Waals surface area contributed by atoms with Crippen LogP contribution in [0.15, 0.2) is 12.1 Å². The second-order valence-electron chi connectivity index (χ2n) is 2.05. The predicted molar refractivity (Wildman–Crippen MR) is 43.4 cm³/mol. The van der Waals surface area contributed by atoms with Crippen molar-refractivity contribution in [1.82, 2.24) is 4.98 Å². The van der Waals surface area contributed by atoms with E-state index in [1.54, 1.807) is 12.1 Å². The summed E-state index contributed by atoms with van der Waals surface area (Å²) in [6.07, 6.45) is 1.07. The smallest absolute Gasteiger partial charge is 0.131 e. The van der Waals surface area contributed by atoms with Gasteiger partial charge >= 0.3 is 0 Å². The molecule has 2 N–H and O–H groups in total. The van der Waals surface area contributed by atoms with Gasteiger partial charge in [0, 0.05) is 12.0 Å². The van der Waals surface area contributed by atoms with E-state index in [0.717, 1.165) is 6.29 Å². The predicted octanol–water partition coefficient (Wildman–Crippen LogP) is 1.06. The minimum absolute atomic E-state index is 0.288. The molecule has 0 aliphatic rings. The quantitative estimate of drug-likeness (QED) is 0.534. The zero-order valence-corrected chi connectivity index (χ0v) is 6.51. The highest BCUT2D eigenvalue weighted by atomic mass is 35.5. The molecule has 0 unspecified atom stereocenters. The first kappa shape index (κ1) is 8.01. The summed E-state index contributed by atoms with van der Waals surface area (Å²) in [6.45, 7) is 0. The fourth-order valence-corrected chi connectivity index (χ4v) is 0.895. The van der Waals surface area contributed by atoms with Gasteiger partial charge in [0.15, 0.2) is 0 Å². The molecule has 0 aliphatic heterocycles. The Morgan fingerprint density at radius 2 is 2.36 bits per heavy atom. The molecule has 0 aromatic carbocycles. The number of carbonyl (C=O) groups is 1. The summed E-state index contributed by atoms with van der Waals surface area (Å²) in [5.41, 5.74) is 6.17. The molecule has 1 aromatic heterocycles. The van der Waals surface area contributed by atoms with E-state index in [9.17, 15) is 4.79 Å². The van der Waals surface area contributed by atoms with Gasteiger partial charge in [0.2, 0.25) is 0 Å². The fourth-order valence-electron chi connectivity index (χ4n) is 0.741. The van der Waals surface area contributed by atoms with Crippen molar-refractivity contribution in [3.8, 4) is 0 Å². The van der Waals surface area contributed by atoms with Crippen molar-refractivity contribution in [3.05, 3.63) is 22.8 Å². The summed E-state index contributed by atoms with van der Waals surface area (Å²) in [7, 11) is 0. The van der Waals surface area contributed by atoms with Crippen LogP contribution in [0.5, 0.6) is 0 Å². The third-order valence-electron chi connectivity index (χ3n) is 1.28. The van der Waals surface area contributed by atoms with Crippen molar-refractivity contribution in [3.63, 3.8) is 0 Å². The number of halogens is 1. The summed E-state index contributed by atoms with van der Waals surface area (Å²) in [5, 5.41) is 0.345. The number of nitrogen functional groups attached to an aromatic ring is 1. The van der Waals surface area contributed by atoms with Gasteiger partial charge in [-0.2, -0.15) is 0 Å². The Bertz CT molecular complexity index is 275. The highest BCUT2D eigenvalue weighted by Crippen LogP contribution is 2.12. The molecular formula is C7H7ClN2O. The average molecular weight is 171 g/mol. The van der Waals surface area contributed by atoms with Crippen molar-refractivity contribution in [2.75, 3.05) is 5.73 Å². The Morgan fingerprint density at radius 3 is 2.91 bits per heavy atom. The first-order valence-electron chi connectivity index (χ1n) is 3.08. The van der Waals surface area contributed by atoms with Crippen LogP contribution in [0, 0.1) is 0 Å². The minimum Gasteiger partial charge on any atom is -0.383 e. The molecule has 0 atom stereocenters. The van der Waals surface area contributed by atoms with E-state index in [0.29, 0.717) is 16.5 Å². The monoisotopic (exact) mass is 170 g/mol. The van der Waals surface area contributed by atoms with Crippen molar-refractivity contribution in [2.45, 2.75) is 6.42 Å². The van der Waals surface area contributed by atoms with E-state index < -0.39 is 0 Å². The Morgan fingerprint density at radius 1 is 1.64 bits per heavy atom. The topological polar surface area (TPSA) is 56.0 Å². The van der Waals surface area contributed by atoms with E-state index in [4.69, 9.17) is 17.3 Å². The average Bonchev–Trinajstić information content (AvgIpc) is 1.95. The number of nitrogens with two attached hydrogens (primary N) is 1. The SMILES string of the molecule is Nc1nc(Cl)ccc1CC=O. The van der Waals surface area contributed by atoms with E-state index >= 15 is 0 Å². The zero-order valence-electron chi connectivity index (χ0n) is 5.75. The van der Waals surface area contributed by atoms with Crippen LogP contribution in [0.3, 0.4) is 0 Å². The largest absolute Gasteiger partial charge is 0.383 e.